The quantitative estimate of drug-likeness (QED) is 0.799. The van der Waals surface area contributed by atoms with Crippen molar-refractivity contribution in [2.75, 3.05) is 26.2 Å². The van der Waals surface area contributed by atoms with Crippen LogP contribution in [0.1, 0.15) is 58.8 Å². The summed E-state index contributed by atoms with van der Waals surface area (Å²) in [7, 11) is 0. The third kappa shape index (κ3) is 3.39. The molecular formula is C18H34N2. The summed E-state index contributed by atoms with van der Waals surface area (Å²) < 4.78 is 0. The van der Waals surface area contributed by atoms with Crippen LogP contribution in [0.4, 0.5) is 0 Å². The summed E-state index contributed by atoms with van der Waals surface area (Å²) >= 11 is 0. The van der Waals surface area contributed by atoms with E-state index in [1.54, 1.807) is 25.7 Å². The first-order valence-electron chi connectivity index (χ1n) is 9.22. The summed E-state index contributed by atoms with van der Waals surface area (Å²) in [5.74, 6) is 4.13. The van der Waals surface area contributed by atoms with Crippen LogP contribution >= 0.6 is 0 Å². The van der Waals surface area contributed by atoms with Crippen molar-refractivity contribution in [1.29, 1.82) is 0 Å². The largest absolute Gasteiger partial charge is 0.314 e. The van der Waals surface area contributed by atoms with Crippen LogP contribution in [0.15, 0.2) is 0 Å². The number of nitrogens with zero attached hydrogens (tertiary/aromatic N) is 1. The Morgan fingerprint density at radius 3 is 2.80 bits per heavy atom. The van der Waals surface area contributed by atoms with E-state index in [0.717, 1.165) is 23.7 Å². The van der Waals surface area contributed by atoms with E-state index in [9.17, 15) is 0 Å². The van der Waals surface area contributed by atoms with Crippen molar-refractivity contribution in [2.45, 2.75) is 64.8 Å². The van der Waals surface area contributed by atoms with E-state index < -0.39 is 0 Å². The number of piperidine rings is 1. The standard InChI is InChI=1S/C18H34N2/c1-3-8-19-14(2)17-5-4-9-20(12-17)13-18-11-15-6-7-16(18)10-15/h14-19H,3-13H2,1-2H3. The average molecular weight is 278 g/mol. The Morgan fingerprint density at radius 2 is 2.10 bits per heavy atom. The van der Waals surface area contributed by atoms with Gasteiger partial charge in [-0.15, -0.1) is 0 Å². The van der Waals surface area contributed by atoms with Crippen LogP contribution in [0.3, 0.4) is 0 Å². The van der Waals surface area contributed by atoms with Gasteiger partial charge < -0.3 is 10.2 Å². The van der Waals surface area contributed by atoms with E-state index in [1.165, 1.54) is 45.4 Å². The molecule has 5 unspecified atom stereocenters. The molecule has 1 aliphatic heterocycles. The van der Waals surface area contributed by atoms with Crippen molar-refractivity contribution in [3.8, 4) is 0 Å². The normalized spacial score (nSPS) is 39.3. The summed E-state index contributed by atoms with van der Waals surface area (Å²) in [6.07, 6.45) is 10.3. The van der Waals surface area contributed by atoms with Crippen molar-refractivity contribution in [2.24, 2.45) is 23.7 Å². The van der Waals surface area contributed by atoms with Crippen LogP contribution in [0, 0.1) is 23.7 Å². The molecule has 3 fully saturated rings. The van der Waals surface area contributed by atoms with Crippen LogP contribution in [0.25, 0.3) is 0 Å². The van der Waals surface area contributed by atoms with E-state index in [0.29, 0.717) is 6.04 Å². The lowest BCUT2D eigenvalue weighted by Crippen LogP contribution is -2.46. The van der Waals surface area contributed by atoms with E-state index in [4.69, 9.17) is 0 Å². The van der Waals surface area contributed by atoms with Crippen molar-refractivity contribution in [1.82, 2.24) is 10.2 Å². The fraction of sp³-hybridized carbons (Fsp3) is 1.00. The van der Waals surface area contributed by atoms with Gasteiger partial charge in [0.1, 0.15) is 0 Å². The second kappa shape index (κ2) is 6.79. The van der Waals surface area contributed by atoms with Gasteiger partial charge in [0.25, 0.3) is 0 Å². The predicted octanol–water partition coefficient (Wildman–Crippen LogP) is 3.52. The van der Waals surface area contributed by atoms with Gasteiger partial charge in [0.05, 0.1) is 0 Å². The number of likely N-dealkylation sites (tertiary alicyclic amines) is 1. The Morgan fingerprint density at radius 1 is 1.20 bits per heavy atom. The van der Waals surface area contributed by atoms with Crippen LogP contribution in [0.2, 0.25) is 0 Å². The zero-order valence-corrected chi connectivity index (χ0v) is 13.6. The zero-order chi connectivity index (χ0) is 13.9. The predicted molar refractivity (Wildman–Crippen MR) is 85.9 cm³/mol. The number of hydrogen-bond donors (Lipinski definition) is 1. The molecule has 0 spiro atoms. The molecule has 2 saturated carbocycles. The van der Waals surface area contributed by atoms with Gasteiger partial charge in [0.2, 0.25) is 0 Å². The molecule has 0 amide bonds. The van der Waals surface area contributed by atoms with Gasteiger partial charge >= 0.3 is 0 Å². The fourth-order valence-corrected chi connectivity index (χ4v) is 5.14. The monoisotopic (exact) mass is 278 g/mol. The second-order valence-electron chi connectivity index (χ2n) is 7.84. The molecule has 2 aliphatic carbocycles. The SMILES string of the molecule is CCCNC(C)C1CCCN(CC2CC3CCC2C3)C1. The summed E-state index contributed by atoms with van der Waals surface area (Å²) in [4.78, 5) is 2.81. The first kappa shape index (κ1) is 14.8. The summed E-state index contributed by atoms with van der Waals surface area (Å²) in [6.45, 7) is 9.99. The first-order valence-corrected chi connectivity index (χ1v) is 9.22. The highest BCUT2D eigenvalue weighted by molar-refractivity contribution is 4.92. The topological polar surface area (TPSA) is 15.3 Å². The molecule has 1 heterocycles. The van der Waals surface area contributed by atoms with E-state index in [1.807, 2.05) is 0 Å². The molecule has 0 radical (unpaired) electrons. The molecule has 1 N–H and O–H groups in total. The van der Waals surface area contributed by atoms with E-state index in [2.05, 4.69) is 24.1 Å². The van der Waals surface area contributed by atoms with Crippen molar-refractivity contribution in [3.05, 3.63) is 0 Å². The molecule has 3 aliphatic rings. The van der Waals surface area contributed by atoms with Crippen molar-refractivity contribution >= 4 is 0 Å². The lowest BCUT2D eigenvalue weighted by Gasteiger charge is -2.38. The van der Waals surface area contributed by atoms with Gasteiger partial charge in [-0.1, -0.05) is 13.3 Å². The Hall–Kier alpha value is -0.0800. The van der Waals surface area contributed by atoms with Crippen molar-refractivity contribution < 1.29 is 0 Å². The molecule has 20 heavy (non-hydrogen) atoms. The van der Waals surface area contributed by atoms with Gasteiger partial charge in [-0.3, -0.25) is 0 Å². The third-order valence-electron chi connectivity index (χ3n) is 6.34. The third-order valence-corrected chi connectivity index (χ3v) is 6.34. The smallest absolute Gasteiger partial charge is 0.00792 e. The molecule has 0 aromatic rings. The van der Waals surface area contributed by atoms with Gasteiger partial charge in [-0.05, 0) is 82.2 Å². The van der Waals surface area contributed by atoms with E-state index >= 15 is 0 Å². The molecule has 0 aromatic carbocycles. The van der Waals surface area contributed by atoms with Crippen LogP contribution < -0.4 is 5.32 Å². The van der Waals surface area contributed by atoms with Crippen LogP contribution in [0.5, 0.6) is 0 Å². The van der Waals surface area contributed by atoms with Gasteiger partial charge in [-0.2, -0.15) is 0 Å². The summed E-state index contributed by atoms with van der Waals surface area (Å²) in [6, 6.07) is 0.706. The Labute approximate surface area is 125 Å². The van der Waals surface area contributed by atoms with E-state index in [-0.39, 0.29) is 0 Å². The molecule has 1 saturated heterocycles. The minimum absolute atomic E-state index is 0.706. The lowest BCUT2D eigenvalue weighted by molar-refractivity contribution is 0.116. The molecule has 3 rings (SSSR count). The van der Waals surface area contributed by atoms with Crippen LogP contribution in [-0.4, -0.2) is 37.1 Å². The minimum atomic E-state index is 0.706. The molecular weight excluding hydrogens is 244 g/mol. The molecule has 116 valence electrons. The summed E-state index contributed by atoms with van der Waals surface area (Å²) in [5, 5.41) is 3.72. The fourth-order valence-electron chi connectivity index (χ4n) is 5.14. The molecule has 2 bridgehead atoms. The van der Waals surface area contributed by atoms with Gasteiger partial charge in [0.15, 0.2) is 0 Å². The first-order chi connectivity index (χ1) is 9.76. The number of nitrogens with one attached hydrogen (secondary N) is 1. The maximum Gasteiger partial charge on any atom is 0.00792 e. The molecule has 5 atom stereocenters. The zero-order valence-electron chi connectivity index (χ0n) is 13.6. The summed E-state index contributed by atoms with van der Waals surface area (Å²) in [5.41, 5.74) is 0. The minimum Gasteiger partial charge on any atom is -0.314 e. The second-order valence-corrected chi connectivity index (χ2v) is 7.84. The van der Waals surface area contributed by atoms with Crippen molar-refractivity contribution in [3.63, 3.8) is 0 Å². The highest BCUT2D eigenvalue weighted by Gasteiger charge is 2.40. The molecule has 2 nitrogen and oxygen atoms in total. The lowest BCUT2D eigenvalue weighted by atomic mass is 9.86. The Balaban J connectivity index is 1.45. The maximum atomic E-state index is 3.72. The van der Waals surface area contributed by atoms with Crippen LogP contribution in [-0.2, 0) is 0 Å². The Kier molecular flexibility index (Phi) is 5.04. The molecule has 2 heteroatoms. The molecule has 0 aromatic heterocycles. The number of fused-ring (bicyclic) bond motifs is 2. The highest BCUT2D eigenvalue weighted by atomic mass is 15.1. The number of hydrogen-bond acceptors (Lipinski definition) is 2. The number of rotatable bonds is 6. The average Bonchev–Trinajstić information content (AvgIpc) is 3.07. The van der Waals surface area contributed by atoms with Gasteiger partial charge in [-0.25, -0.2) is 0 Å². The Bertz CT molecular complexity index is 304. The maximum absolute atomic E-state index is 3.72. The van der Waals surface area contributed by atoms with Gasteiger partial charge in [0, 0.05) is 19.1 Å². The highest BCUT2D eigenvalue weighted by Crippen LogP contribution is 2.48.